The summed E-state index contributed by atoms with van der Waals surface area (Å²) in [6.45, 7) is -0.318. The Morgan fingerprint density at radius 3 is 2.43 bits per heavy atom. The molecule has 37 heavy (non-hydrogen) atoms. The summed E-state index contributed by atoms with van der Waals surface area (Å²) in [5.74, 6) is -2.18. The highest BCUT2D eigenvalue weighted by atomic mass is 32.2. The van der Waals surface area contributed by atoms with Crippen LogP contribution in [0.2, 0.25) is 0 Å². The average Bonchev–Trinajstić information content (AvgIpc) is 3.16. The normalized spacial score (nSPS) is 15.1. The van der Waals surface area contributed by atoms with Crippen LogP contribution < -0.4 is 10.1 Å². The fourth-order valence-electron chi connectivity index (χ4n) is 3.62. The molecule has 4 rings (SSSR count). The lowest BCUT2D eigenvalue weighted by Gasteiger charge is -2.23. The molecular formula is C27H21FN2O5S2. The van der Waals surface area contributed by atoms with Crippen molar-refractivity contribution in [2.45, 2.75) is 12.5 Å². The molecule has 0 radical (unpaired) electrons. The Bertz CT molecular complexity index is 1360. The van der Waals surface area contributed by atoms with Gasteiger partial charge in [0.2, 0.25) is 0 Å². The van der Waals surface area contributed by atoms with E-state index in [0.29, 0.717) is 17.0 Å². The zero-order chi connectivity index (χ0) is 26.4. The number of amides is 2. The maximum Gasteiger partial charge on any atom is 0.327 e. The Hall–Kier alpha value is -4.02. The van der Waals surface area contributed by atoms with Crippen LogP contribution in [-0.2, 0) is 20.8 Å². The molecule has 1 aliphatic rings. The predicted molar refractivity (Wildman–Crippen MR) is 144 cm³/mol. The van der Waals surface area contributed by atoms with Gasteiger partial charge >= 0.3 is 5.97 Å². The number of carbonyl (C=O) groups excluding carboxylic acids is 2. The van der Waals surface area contributed by atoms with E-state index in [1.807, 2.05) is 6.07 Å². The van der Waals surface area contributed by atoms with Crippen LogP contribution in [0.5, 0.6) is 5.75 Å². The Kier molecular flexibility index (Phi) is 8.32. The van der Waals surface area contributed by atoms with E-state index in [4.69, 9.17) is 17.0 Å². The number of hydrogen-bond acceptors (Lipinski definition) is 6. The van der Waals surface area contributed by atoms with Gasteiger partial charge in [-0.2, -0.15) is 0 Å². The number of carbonyl (C=O) groups is 3. The highest BCUT2D eigenvalue weighted by Gasteiger charge is 2.40. The van der Waals surface area contributed by atoms with Crippen LogP contribution in [-0.4, -0.2) is 44.8 Å². The first-order valence-electron chi connectivity index (χ1n) is 11.1. The molecule has 3 aromatic carbocycles. The molecule has 1 unspecified atom stereocenters. The molecule has 1 atom stereocenters. The number of halogens is 1. The van der Waals surface area contributed by atoms with Gasteiger partial charge in [0.05, 0.1) is 4.91 Å². The molecule has 1 heterocycles. The first-order chi connectivity index (χ1) is 17.8. The topological polar surface area (TPSA) is 95.9 Å². The van der Waals surface area contributed by atoms with E-state index in [0.717, 1.165) is 22.2 Å². The second-order valence-electron chi connectivity index (χ2n) is 7.98. The molecule has 0 saturated carbocycles. The fraction of sp³-hybridized carbons (Fsp3) is 0.111. The number of carboxylic acid groups (broad SMARTS) is 1. The first kappa shape index (κ1) is 26.1. The van der Waals surface area contributed by atoms with Crippen LogP contribution in [0.3, 0.4) is 0 Å². The van der Waals surface area contributed by atoms with Crippen LogP contribution in [0.4, 0.5) is 10.1 Å². The molecule has 10 heteroatoms. The van der Waals surface area contributed by atoms with Gasteiger partial charge in [-0.15, -0.1) is 0 Å². The molecule has 2 amide bonds. The zero-order valence-corrected chi connectivity index (χ0v) is 20.9. The molecule has 3 aromatic rings. The number of thioether (sulfide) groups is 1. The van der Waals surface area contributed by atoms with Gasteiger partial charge in [-0.1, -0.05) is 72.5 Å². The lowest BCUT2D eigenvalue weighted by atomic mass is 10.0. The van der Waals surface area contributed by atoms with E-state index in [2.05, 4.69) is 5.32 Å². The number of hydrogen-bond donors (Lipinski definition) is 2. The lowest BCUT2D eigenvalue weighted by Crippen LogP contribution is -2.45. The minimum Gasteiger partial charge on any atom is -0.483 e. The Morgan fingerprint density at radius 2 is 1.73 bits per heavy atom. The molecule has 7 nitrogen and oxygen atoms in total. The molecule has 0 bridgehead atoms. The van der Waals surface area contributed by atoms with Gasteiger partial charge in [0.15, 0.2) is 6.61 Å². The van der Waals surface area contributed by atoms with E-state index >= 15 is 0 Å². The predicted octanol–water partition coefficient (Wildman–Crippen LogP) is 4.74. The van der Waals surface area contributed by atoms with Crippen molar-refractivity contribution in [3.05, 3.63) is 101 Å². The first-order valence-corrected chi connectivity index (χ1v) is 12.4. The molecule has 0 aromatic heterocycles. The minimum atomic E-state index is -1.16. The summed E-state index contributed by atoms with van der Waals surface area (Å²) in [5, 5.41) is 12.4. The summed E-state index contributed by atoms with van der Waals surface area (Å²) in [6.07, 6.45) is 1.67. The number of carboxylic acids is 1. The molecular weight excluding hydrogens is 515 g/mol. The molecule has 1 aliphatic heterocycles. The maximum absolute atomic E-state index is 13.2. The second kappa shape index (κ2) is 11.8. The number of anilines is 1. The highest BCUT2D eigenvalue weighted by Crippen LogP contribution is 2.36. The number of para-hydroxylation sites is 1. The largest absolute Gasteiger partial charge is 0.483 e. The van der Waals surface area contributed by atoms with Crippen molar-refractivity contribution in [3.8, 4) is 5.75 Å². The van der Waals surface area contributed by atoms with E-state index < -0.39 is 29.6 Å². The smallest absolute Gasteiger partial charge is 0.327 e. The van der Waals surface area contributed by atoms with Gasteiger partial charge in [0.1, 0.15) is 21.9 Å². The van der Waals surface area contributed by atoms with Crippen molar-refractivity contribution < 1.29 is 28.6 Å². The van der Waals surface area contributed by atoms with Gasteiger partial charge in [-0.3, -0.25) is 14.5 Å². The van der Waals surface area contributed by atoms with Crippen molar-refractivity contribution in [2.75, 3.05) is 11.9 Å². The third-order valence-corrected chi connectivity index (χ3v) is 6.71. The Morgan fingerprint density at radius 1 is 1.05 bits per heavy atom. The number of rotatable bonds is 9. The van der Waals surface area contributed by atoms with Crippen molar-refractivity contribution in [1.82, 2.24) is 4.90 Å². The summed E-state index contributed by atoms with van der Waals surface area (Å²) in [4.78, 5) is 38.9. The monoisotopic (exact) mass is 536 g/mol. The molecule has 2 N–H and O–H groups in total. The van der Waals surface area contributed by atoms with Gasteiger partial charge in [0.25, 0.3) is 11.8 Å². The maximum atomic E-state index is 13.2. The molecule has 1 fully saturated rings. The fourth-order valence-corrected chi connectivity index (χ4v) is 4.97. The quantitative estimate of drug-likeness (QED) is 0.301. The highest BCUT2D eigenvalue weighted by molar-refractivity contribution is 8.26. The van der Waals surface area contributed by atoms with Crippen molar-refractivity contribution in [3.63, 3.8) is 0 Å². The number of benzene rings is 3. The van der Waals surface area contributed by atoms with Gasteiger partial charge in [-0.05, 0) is 42.0 Å². The Balaban J connectivity index is 1.48. The third-order valence-electron chi connectivity index (χ3n) is 5.38. The van der Waals surface area contributed by atoms with E-state index in [1.54, 1.807) is 54.6 Å². The summed E-state index contributed by atoms with van der Waals surface area (Å²) in [5.41, 5.74) is 1.72. The minimum absolute atomic E-state index is 0.110. The van der Waals surface area contributed by atoms with Gasteiger partial charge in [0, 0.05) is 17.7 Å². The van der Waals surface area contributed by atoms with E-state index in [9.17, 15) is 23.9 Å². The van der Waals surface area contributed by atoms with Crippen molar-refractivity contribution in [2.24, 2.45) is 0 Å². The molecule has 0 spiro atoms. The lowest BCUT2D eigenvalue weighted by molar-refractivity contribution is -0.145. The van der Waals surface area contributed by atoms with Crippen molar-refractivity contribution in [1.29, 1.82) is 0 Å². The van der Waals surface area contributed by atoms with Crippen LogP contribution in [0.15, 0.2) is 83.8 Å². The SMILES string of the molecule is O=C(COc1ccccc1/C=C1\SC(=S)N(C(Cc2ccccc2)C(=O)O)C1=O)Nc1ccc(F)cc1. The number of nitrogens with zero attached hydrogens (tertiary/aromatic N) is 1. The summed E-state index contributed by atoms with van der Waals surface area (Å²) in [6, 6.07) is 20.0. The van der Waals surface area contributed by atoms with Crippen LogP contribution in [0.25, 0.3) is 6.08 Å². The number of ether oxygens (including phenoxy) is 1. The molecule has 1 saturated heterocycles. The van der Waals surface area contributed by atoms with Gasteiger partial charge < -0.3 is 15.2 Å². The van der Waals surface area contributed by atoms with E-state index in [-0.39, 0.29) is 22.3 Å². The van der Waals surface area contributed by atoms with Crippen LogP contribution in [0, 0.1) is 5.82 Å². The average molecular weight is 537 g/mol. The third kappa shape index (κ3) is 6.60. The van der Waals surface area contributed by atoms with Crippen LogP contribution >= 0.6 is 24.0 Å². The summed E-state index contributed by atoms with van der Waals surface area (Å²) in [7, 11) is 0. The summed E-state index contributed by atoms with van der Waals surface area (Å²) < 4.78 is 18.9. The summed E-state index contributed by atoms with van der Waals surface area (Å²) >= 11 is 6.38. The van der Waals surface area contributed by atoms with Crippen LogP contribution in [0.1, 0.15) is 11.1 Å². The molecule has 188 valence electrons. The number of nitrogens with one attached hydrogen (secondary N) is 1. The standard InChI is InChI=1S/C27H21FN2O5S2/c28-19-10-12-20(13-11-19)29-24(31)16-35-22-9-5-4-8-18(22)15-23-25(32)30(27(36)37-23)21(26(33)34)14-17-6-2-1-3-7-17/h1-13,15,21H,14,16H2,(H,29,31)(H,33,34)/b23-15-. The second-order valence-corrected chi connectivity index (χ2v) is 9.65. The number of aliphatic carboxylic acids is 1. The van der Waals surface area contributed by atoms with Gasteiger partial charge in [-0.25, -0.2) is 9.18 Å². The zero-order valence-electron chi connectivity index (χ0n) is 19.3. The Labute approximate surface area is 221 Å². The van der Waals surface area contributed by atoms with E-state index in [1.165, 1.54) is 24.3 Å². The molecule has 0 aliphatic carbocycles. The van der Waals surface area contributed by atoms with Crippen molar-refractivity contribution >= 4 is 57.8 Å². The number of thiocarbonyl (C=S) groups is 1.